The number of allylic oxidation sites excluding steroid dienone is 2. The van der Waals surface area contributed by atoms with Crippen LogP contribution in [0.3, 0.4) is 0 Å². The monoisotopic (exact) mass is 704 g/mol. The second kappa shape index (κ2) is 35.7. The summed E-state index contributed by atoms with van der Waals surface area (Å²) in [6, 6.07) is 0. The number of carbonyl (C=O) groups is 2. The molecule has 1 aliphatic heterocycles. The second-order valence-corrected chi connectivity index (χ2v) is 14.9. The quantitative estimate of drug-likeness (QED) is 0.0400. The Hall–Kier alpha value is -1.70. The van der Waals surface area contributed by atoms with Gasteiger partial charge in [-0.15, -0.1) is 0 Å². The summed E-state index contributed by atoms with van der Waals surface area (Å²) in [5.41, 5.74) is 0. The maximum absolute atomic E-state index is 12.1. The topological polar surface area (TPSA) is 71.1 Å². The highest BCUT2D eigenvalue weighted by atomic mass is 16.5. The number of hydrogen-bond acceptors (Lipinski definition) is 7. The number of hydrogen-bond donors (Lipinski definition) is 1. The molecule has 1 saturated heterocycles. The van der Waals surface area contributed by atoms with Crippen LogP contribution >= 0.6 is 0 Å². The Bertz CT molecular complexity index is 781. The lowest BCUT2D eigenvalue weighted by Crippen LogP contribution is -2.51. The number of unbranched alkanes of at least 4 members (excludes halogenated alkanes) is 17. The fraction of sp³-hybridized carbons (Fsp3) is 0.860. The lowest BCUT2D eigenvalue weighted by Gasteiger charge is -2.33. The summed E-state index contributed by atoms with van der Waals surface area (Å²) >= 11 is 0. The van der Waals surface area contributed by atoms with Crippen LogP contribution in [0.2, 0.25) is 0 Å². The molecule has 1 heterocycles. The van der Waals surface area contributed by atoms with Crippen molar-refractivity contribution in [3.05, 3.63) is 24.3 Å². The third kappa shape index (κ3) is 31.1. The average molecular weight is 704 g/mol. The van der Waals surface area contributed by atoms with Crippen LogP contribution in [0.4, 0.5) is 0 Å². The molecule has 7 nitrogen and oxygen atoms in total. The zero-order valence-corrected chi connectivity index (χ0v) is 33.2. The molecule has 0 spiro atoms. The van der Waals surface area contributed by atoms with Crippen molar-refractivity contribution >= 4 is 11.9 Å². The molecule has 1 rings (SSSR count). The van der Waals surface area contributed by atoms with Crippen molar-refractivity contribution in [3.63, 3.8) is 0 Å². The minimum Gasteiger partial charge on any atom is -0.461 e. The van der Waals surface area contributed by atoms with Crippen molar-refractivity contribution < 1.29 is 19.1 Å². The minimum absolute atomic E-state index is 0.0520. The molecule has 1 aliphatic rings. The fourth-order valence-electron chi connectivity index (χ4n) is 6.83. The van der Waals surface area contributed by atoms with Gasteiger partial charge in [0, 0.05) is 26.1 Å². The maximum Gasteiger partial charge on any atom is 0.306 e. The van der Waals surface area contributed by atoms with Crippen LogP contribution < -0.4 is 5.32 Å². The van der Waals surface area contributed by atoms with Crippen molar-refractivity contribution in [2.45, 2.75) is 187 Å². The van der Waals surface area contributed by atoms with E-state index in [4.69, 9.17) is 9.47 Å². The summed E-state index contributed by atoms with van der Waals surface area (Å²) < 4.78 is 10.7. The van der Waals surface area contributed by atoms with Crippen molar-refractivity contribution in [2.75, 3.05) is 46.8 Å². The molecule has 1 N–H and O–H groups in total. The number of ether oxygens (including phenoxy) is 2. The van der Waals surface area contributed by atoms with Crippen LogP contribution in [-0.4, -0.2) is 68.6 Å². The van der Waals surface area contributed by atoms with Gasteiger partial charge in [0.25, 0.3) is 0 Å². The molecule has 0 aromatic heterocycles. The average Bonchev–Trinajstić information content (AvgIpc) is 3.11. The third-order valence-electron chi connectivity index (χ3n) is 9.94. The number of esters is 2. The predicted octanol–water partition coefficient (Wildman–Crippen LogP) is 11.1. The van der Waals surface area contributed by atoms with Crippen LogP contribution in [-0.2, 0) is 19.1 Å². The van der Waals surface area contributed by atoms with Crippen molar-refractivity contribution in [1.29, 1.82) is 0 Å². The summed E-state index contributed by atoms with van der Waals surface area (Å²) in [4.78, 5) is 29.0. The normalized spacial score (nSPS) is 14.4. The van der Waals surface area contributed by atoms with E-state index in [1.165, 1.54) is 129 Å². The lowest BCUT2D eigenvalue weighted by atomic mass is 9.90. The van der Waals surface area contributed by atoms with Crippen LogP contribution in [0.5, 0.6) is 0 Å². The third-order valence-corrected chi connectivity index (χ3v) is 9.94. The van der Waals surface area contributed by atoms with Gasteiger partial charge in [-0.05, 0) is 57.9 Å². The van der Waals surface area contributed by atoms with Gasteiger partial charge in [0.05, 0.1) is 13.3 Å². The Morgan fingerprint density at radius 1 is 0.580 bits per heavy atom. The first-order valence-electron chi connectivity index (χ1n) is 21.3. The molecule has 0 unspecified atom stereocenters. The van der Waals surface area contributed by atoms with E-state index < -0.39 is 0 Å². The van der Waals surface area contributed by atoms with Gasteiger partial charge in [-0.25, -0.2) is 0 Å². The predicted molar refractivity (Wildman–Crippen MR) is 212 cm³/mol. The van der Waals surface area contributed by atoms with E-state index in [9.17, 15) is 9.59 Å². The van der Waals surface area contributed by atoms with E-state index >= 15 is 0 Å². The van der Waals surface area contributed by atoms with Gasteiger partial charge in [0.2, 0.25) is 0 Å². The second-order valence-electron chi connectivity index (χ2n) is 14.9. The van der Waals surface area contributed by atoms with Crippen molar-refractivity contribution in [1.82, 2.24) is 15.1 Å². The van der Waals surface area contributed by atoms with Gasteiger partial charge in [0.15, 0.2) is 0 Å². The Balaban J connectivity index is 2.17. The van der Waals surface area contributed by atoms with Crippen molar-refractivity contribution in [3.8, 4) is 0 Å². The van der Waals surface area contributed by atoms with Crippen LogP contribution in [0.25, 0.3) is 0 Å². The van der Waals surface area contributed by atoms with E-state index in [0.29, 0.717) is 26.1 Å². The maximum atomic E-state index is 12.1. The number of nitrogens with one attached hydrogen (secondary N) is 1. The van der Waals surface area contributed by atoms with E-state index in [1.807, 2.05) is 12.2 Å². The molecule has 0 bridgehead atoms. The smallest absolute Gasteiger partial charge is 0.306 e. The molecule has 0 aromatic carbocycles. The Morgan fingerprint density at radius 2 is 1.04 bits per heavy atom. The molecule has 0 amide bonds. The highest BCUT2D eigenvalue weighted by Crippen LogP contribution is 2.24. The first-order valence-corrected chi connectivity index (χ1v) is 21.3. The molecule has 0 atom stereocenters. The fourth-order valence-corrected chi connectivity index (χ4v) is 6.83. The van der Waals surface area contributed by atoms with Gasteiger partial charge >= 0.3 is 11.9 Å². The molecular formula is C43H81N3O4. The molecule has 0 saturated carbocycles. The summed E-state index contributed by atoms with van der Waals surface area (Å²) in [6.45, 7) is 9.55. The zero-order chi connectivity index (χ0) is 36.2. The van der Waals surface area contributed by atoms with E-state index in [-0.39, 0.29) is 11.9 Å². The number of carbonyl (C=O) groups excluding carboxylic acids is 2. The summed E-state index contributed by atoms with van der Waals surface area (Å²) in [5, 5.41) is 3.48. The molecule has 0 radical (unpaired) electrons. The lowest BCUT2D eigenvalue weighted by molar-refractivity contribution is -0.143. The zero-order valence-electron chi connectivity index (χ0n) is 33.2. The highest BCUT2D eigenvalue weighted by molar-refractivity contribution is 5.69. The van der Waals surface area contributed by atoms with Gasteiger partial charge in [-0.1, -0.05) is 154 Å². The molecule has 0 aliphatic carbocycles. The van der Waals surface area contributed by atoms with Gasteiger partial charge in [-0.2, -0.15) is 0 Å². The molecule has 50 heavy (non-hydrogen) atoms. The number of rotatable bonds is 35. The van der Waals surface area contributed by atoms with E-state index in [2.05, 4.69) is 48.2 Å². The van der Waals surface area contributed by atoms with Gasteiger partial charge < -0.3 is 9.47 Å². The van der Waals surface area contributed by atoms with Gasteiger partial charge in [0.1, 0.15) is 13.2 Å². The molecule has 292 valence electrons. The van der Waals surface area contributed by atoms with E-state index in [0.717, 1.165) is 64.4 Å². The number of nitrogens with zero attached hydrogens (tertiary/aromatic N) is 2. The Labute approximate surface area is 309 Å². The molecular weight excluding hydrogens is 622 g/mol. The Morgan fingerprint density at radius 3 is 1.54 bits per heavy atom. The first-order chi connectivity index (χ1) is 24.5. The van der Waals surface area contributed by atoms with Crippen LogP contribution in [0, 0.1) is 5.92 Å². The SMILES string of the molecule is CCCCCC/C=C/COC(=O)CCCCCCCC(CCCCCCCC(=O)OC/C=C/CCCCCC)CCCCN1CNCN(C)C1. The summed E-state index contributed by atoms with van der Waals surface area (Å²) in [7, 11) is 2.18. The summed E-state index contributed by atoms with van der Waals surface area (Å²) in [5.74, 6) is 0.717. The minimum atomic E-state index is -0.0520. The van der Waals surface area contributed by atoms with E-state index in [1.54, 1.807) is 0 Å². The van der Waals surface area contributed by atoms with Crippen molar-refractivity contribution in [2.24, 2.45) is 5.92 Å². The summed E-state index contributed by atoms with van der Waals surface area (Å²) in [6.07, 6.45) is 40.0. The molecule has 0 aromatic rings. The standard InChI is InChI=1S/C43H81N3O4/c1-4-6-8-10-12-20-28-36-49-42(47)33-24-18-14-16-22-30-41(32-26-27-35-46-39-44-38-45(3)40-46)31-23-17-15-19-25-34-43(48)50-37-29-21-13-11-9-7-5-2/h20-21,28-29,41,44H,4-19,22-27,30-40H2,1-3H3/b28-20+,29-21+. The van der Waals surface area contributed by atoms with Gasteiger partial charge in [-0.3, -0.25) is 24.7 Å². The Kier molecular flexibility index (Phi) is 33.1. The first kappa shape index (κ1) is 46.3. The highest BCUT2D eigenvalue weighted by Gasteiger charge is 2.14. The molecule has 1 fully saturated rings. The largest absolute Gasteiger partial charge is 0.461 e. The molecule has 7 heteroatoms. The van der Waals surface area contributed by atoms with Crippen LogP contribution in [0.1, 0.15) is 187 Å². The van der Waals surface area contributed by atoms with Crippen LogP contribution in [0.15, 0.2) is 24.3 Å².